The molecule has 1 saturated carbocycles. The van der Waals surface area contributed by atoms with E-state index in [1.807, 2.05) is 48.5 Å². The molecule has 2 aliphatic rings. The van der Waals surface area contributed by atoms with Gasteiger partial charge in [-0.1, -0.05) is 18.2 Å². The summed E-state index contributed by atoms with van der Waals surface area (Å²) < 4.78 is 12.0. The Bertz CT molecular complexity index is 937. The molecule has 0 saturated heterocycles. The molecule has 0 atom stereocenters. The number of carbonyl (C=O) groups is 1. The number of H-pyrrole nitrogens is 1. The van der Waals surface area contributed by atoms with Crippen molar-refractivity contribution in [2.45, 2.75) is 31.5 Å². The number of hydrogen-bond donors (Lipinski definition) is 2. The van der Waals surface area contributed by atoms with E-state index >= 15 is 0 Å². The second-order valence-electron chi connectivity index (χ2n) is 6.71. The van der Waals surface area contributed by atoms with Crippen LogP contribution in [0.2, 0.25) is 0 Å². The van der Waals surface area contributed by atoms with Crippen LogP contribution in [0, 0.1) is 0 Å². The van der Waals surface area contributed by atoms with Crippen molar-refractivity contribution in [1.29, 1.82) is 0 Å². The molecule has 1 amide bonds. The van der Waals surface area contributed by atoms with Crippen LogP contribution in [0.25, 0.3) is 10.9 Å². The quantitative estimate of drug-likeness (QED) is 0.727. The number of anilines is 1. The molecule has 2 heterocycles. The third kappa shape index (κ3) is 2.43. The minimum absolute atomic E-state index is 0.175. The summed E-state index contributed by atoms with van der Waals surface area (Å²) in [6.45, 7) is 0. The normalized spacial score (nSPS) is 17.3. The summed E-state index contributed by atoms with van der Waals surface area (Å²) in [5.41, 5.74) is 2.17. The van der Waals surface area contributed by atoms with E-state index in [1.54, 1.807) is 0 Å². The molecule has 5 heteroatoms. The summed E-state index contributed by atoms with van der Waals surface area (Å²) in [6.07, 6.45) is 4.08. The number of aromatic nitrogens is 1. The van der Waals surface area contributed by atoms with Crippen LogP contribution in [0.4, 0.5) is 5.69 Å². The second kappa shape index (κ2) is 5.28. The van der Waals surface area contributed by atoms with E-state index < -0.39 is 5.79 Å². The first-order chi connectivity index (χ1) is 12.2. The molecule has 0 unspecified atom stereocenters. The molecule has 0 bridgehead atoms. The van der Waals surface area contributed by atoms with E-state index in [2.05, 4.69) is 10.3 Å². The van der Waals surface area contributed by atoms with Crippen molar-refractivity contribution in [2.24, 2.45) is 0 Å². The van der Waals surface area contributed by atoms with Crippen LogP contribution in [0.3, 0.4) is 0 Å². The highest BCUT2D eigenvalue weighted by Gasteiger charge is 2.44. The number of hydrogen-bond acceptors (Lipinski definition) is 3. The molecular formula is C20H18N2O3. The third-order valence-corrected chi connectivity index (χ3v) is 4.93. The van der Waals surface area contributed by atoms with Gasteiger partial charge in [0, 0.05) is 35.5 Å². The summed E-state index contributed by atoms with van der Waals surface area (Å²) in [4.78, 5) is 15.7. The molecule has 1 aromatic heterocycles. The fourth-order valence-electron chi connectivity index (χ4n) is 3.68. The van der Waals surface area contributed by atoms with E-state index in [-0.39, 0.29) is 5.91 Å². The molecule has 1 spiro atoms. The van der Waals surface area contributed by atoms with Gasteiger partial charge in [-0.3, -0.25) is 4.79 Å². The standard InChI is InChI=1S/C20H18N2O3/c23-19(16-11-13-5-1-2-6-15(13)22-16)21-14-7-8-17-18(12-14)25-20(24-17)9-3-4-10-20/h1-2,5-8,11-12,22H,3-4,9-10H2,(H,21,23). The molecule has 5 rings (SSSR count). The first kappa shape index (κ1) is 14.4. The van der Waals surface area contributed by atoms with Crippen molar-refractivity contribution in [3.8, 4) is 11.5 Å². The minimum atomic E-state index is -0.484. The Kier molecular flexibility index (Phi) is 3.04. The molecule has 0 radical (unpaired) electrons. The molecule has 1 aliphatic carbocycles. The Morgan fingerprint density at radius 1 is 1.00 bits per heavy atom. The van der Waals surface area contributed by atoms with Crippen molar-refractivity contribution in [3.05, 3.63) is 54.2 Å². The number of aromatic amines is 1. The van der Waals surface area contributed by atoms with Gasteiger partial charge in [0.05, 0.1) is 0 Å². The van der Waals surface area contributed by atoms with Gasteiger partial charge < -0.3 is 19.8 Å². The topological polar surface area (TPSA) is 63.4 Å². The maximum atomic E-state index is 12.5. The van der Waals surface area contributed by atoms with Crippen molar-refractivity contribution >= 4 is 22.5 Å². The number of benzene rings is 2. The number of amides is 1. The lowest BCUT2D eigenvalue weighted by Gasteiger charge is -2.21. The first-order valence-electron chi connectivity index (χ1n) is 8.62. The molecule has 126 valence electrons. The fourth-order valence-corrected chi connectivity index (χ4v) is 3.68. The Balaban J connectivity index is 1.37. The highest BCUT2D eigenvalue weighted by molar-refractivity contribution is 6.06. The average Bonchev–Trinajstić information content (AvgIpc) is 3.32. The van der Waals surface area contributed by atoms with Crippen molar-refractivity contribution < 1.29 is 14.3 Å². The van der Waals surface area contributed by atoms with Crippen LogP contribution in [-0.4, -0.2) is 16.7 Å². The van der Waals surface area contributed by atoms with E-state index in [0.29, 0.717) is 17.1 Å². The summed E-state index contributed by atoms with van der Waals surface area (Å²) in [6, 6.07) is 15.2. The molecule has 1 aliphatic heterocycles. The summed E-state index contributed by atoms with van der Waals surface area (Å²) in [5.74, 6) is 0.801. The van der Waals surface area contributed by atoms with Gasteiger partial charge in [-0.15, -0.1) is 0 Å². The third-order valence-electron chi connectivity index (χ3n) is 4.93. The van der Waals surface area contributed by atoms with E-state index in [1.165, 1.54) is 0 Å². The van der Waals surface area contributed by atoms with Gasteiger partial charge in [0.1, 0.15) is 5.69 Å². The lowest BCUT2D eigenvalue weighted by atomic mass is 10.2. The van der Waals surface area contributed by atoms with Crippen LogP contribution in [0.5, 0.6) is 11.5 Å². The SMILES string of the molecule is O=C(Nc1ccc2c(c1)OC1(CCCC1)O2)c1cc2ccccc2[nH]1. The Morgan fingerprint density at radius 3 is 2.64 bits per heavy atom. The zero-order valence-corrected chi connectivity index (χ0v) is 13.7. The van der Waals surface area contributed by atoms with Crippen molar-refractivity contribution in [3.63, 3.8) is 0 Å². The monoisotopic (exact) mass is 334 g/mol. The summed E-state index contributed by atoms with van der Waals surface area (Å²) in [7, 11) is 0. The highest BCUT2D eigenvalue weighted by atomic mass is 16.7. The molecule has 5 nitrogen and oxygen atoms in total. The average molecular weight is 334 g/mol. The van der Waals surface area contributed by atoms with Crippen molar-refractivity contribution in [2.75, 3.05) is 5.32 Å². The largest absolute Gasteiger partial charge is 0.448 e. The Labute approximate surface area is 144 Å². The number of carbonyl (C=O) groups excluding carboxylic acids is 1. The maximum absolute atomic E-state index is 12.5. The highest BCUT2D eigenvalue weighted by Crippen LogP contribution is 2.47. The first-order valence-corrected chi connectivity index (χ1v) is 8.62. The summed E-state index contributed by atoms with van der Waals surface area (Å²) in [5, 5.41) is 3.94. The smallest absolute Gasteiger partial charge is 0.272 e. The van der Waals surface area contributed by atoms with Gasteiger partial charge in [-0.05, 0) is 37.1 Å². The fraction of sp³-hybridized carbons (Fsp3) is 0.250. The van der Waals surface area contributed by atoms with E-state index in [4.69, 9.17) is 9.47 Å². The van der Waals surface area contributed by atoms with Gasteiger partial charge in [0.2, 0.25) is 0 Å². The number of para-hydroxylation sites is 1. The number of fused-ring (bicyclic) bond motifs is 2. The Hall–Kier alpha value is -2.95. The van der Waals surface area contributed by atoms with Gasteiger partial charge in [0.15, 0.2) is 11.5 Å². The van der Waals surface area contributed by atoms with E-state index in [9.17, 15) is 4.79 Å². The van der Waals surface area contributed by atoms with Crippen molar-refractivity contribution in [1.82, 2.24) is 4.98 Å². The maximum Gasteiger partial charge on any atom is 0.272 e. The zero-order valence-electron chi connectivity index (χ0n) is 13.7. The molecular weight excluding hydrogens is 316 g/mol. The zero-order chi connectivity index (χ0) is 16.9. The van der Waals surface area contributed by atoms with Crippen LogP contribution >= 0.6 is 0 Å². The van der Waals surface area contributed by atoms with Crippen LogP contribution in [-0.2, 0) is 0 Å². The van der Waals surface area contributed by atoms with Crippen LogP contribution in [0.15, 0.2) is 48.5 Å². The number of rotatable bonds is 2. The van der Waals surface area contributed by atoms with Gasteiger partial charge in [0.25, 0.3) is 11.7 Å². The van der Waals surface area contributed by atoms with Crippen LogP contribution in [0.1, 0.15) is 36.2 Å². The molecule has 3 aromatic rings. The number of ether oxygens (including phenoxy) is 2. The molecule has 25 heavy (non-hydrogen) atoms. The number of nitrogens with one attached hydrogen (secondary N) is 2. The lowest BCUT2D eigenvalue weighted by molar-refractivity contribution is -0.0716. The Morgan fingerprint density at radius 2 is 1.80 bits per heavy atom. The molecule has 2 N–H and O–H groups in total. The summed E-state index contributed by atoms with van der Waals surface area (Å²) >= 11 is 0. The predicted molar refractivity (Wildman–Crippen MR) is 95.1 cm³/mol. The van der Waals surface area contributed by atoms with Gasteiger partial charge >= 0.3 is 0 Å². The van der Waals surface area contributed by atoms with Gasteiger partial charge in [-0.25, -0.2) is 0 Å². The predicted octanol–water partition coefficient (Wildman–Crippen LogP) is 4.46. The molecule has 1 fully saturated rings. The molecule has 2 aromatic carbocycles. The minimum Gasteiger partial charge on any atom is -0.448 e. The second-order valence-corrected chi connectivity index (χ2v) is 6.71. The van der Waals surface area contributed by atoms with Gasteiger partial charge in [-0.2, -0.15) is 0 Å². The lowest BCUT2D eigenvalue weighted by Crippen LogP contribution is -2.34. The van der Waals surface area contributed by atoms with E-state index in [0.717, 1.165) is 42.3 Å². The van der Waals surface area contributed by atoms with Crippen LogP contribution < -0.4 is 14.8 Å².